The van der Waals surface area contributed by atoms with E-state index in [4.69, 9.17) is 5.73 Å². The molecule has 0 aliphatic heterocycles. The molecular weight excluding hydrogens is 419 g/mol. The van der Waals surface area contributed by atoms with E-state index < -0.39 is 6.04 Å². The molecule has 1 amide bonds. The van der Waals surface area contributed by atoms with Crippen LogP contribution in [0.3, 0.4) is 0 Å². The van der Waals surface area contributed by atoms with E-state index >= 15 is 0 Å². The summed E-state index contributed by atoms with van der Waals surface area (Å²) < 4.78 is 13.8. The summed E-state index contributed by atoms with van der Waals surface area (Å²) >= 11 is 1.32. The largest absolute Gasteiger partial charge is 0.391 e. The smallest absolute Gasteiger partial charge is 0.268 e. The lowest BCUT2D eigenvalue weighted by atomic mass is 10.1. The van der Waals surface area contributed by atoms with Gasteiger partial charge in [-0.3, -0.25) is 9.79 Å². The summed E-state index contributed by atoms with van der Waals surface area (Å²) in [6.45, 7) is 3.60. The molecule has 0 radical (unpaired) electrons. The fourth-order valence-corrected chi connectivity index (χ4v) is 3.76. The summed E-state index contributed by atoms with van der Waals surface area (Å²) in [5.74, 6) is -0.652. The van der Waals surface area contributed by atoms with E-state index in [0.29, 0.717) is 33.2 Å². The quantitative estimate of drug-likeness (QED) is 0.280. The fourth-order valence-electron chi connectivity index (χ4n) is 2.79. The maximum absolute atomic E-state index is 13.8. The maximum Gasteiger partial charge on any atom is 0.268 e. The summed E-state index contributed by atoms with van der Waals surface area (Å²) in [6.07, 6.45) is 1.17. The topological polar surface area (TPSA) is 142 Å². The third kappa shape index (κ3) is 5.97. The number of aryl methyl sites for hydroxylation is 2. The summed E-state index contributed by atoms with van der Waals surface area (Å²) in [6, 6.07) is 7.78. The number of rotatable bonds is 7. The van der Waals surface area contributed by atoms with Crippen LogP contribution < -0.4 is 16.8 Å². The van der Waals surface area contributed by atoms with E-state index in [1.54, 1.807) is 38.1 Å². The fraction of sp³-hybridized carbons (Fsp3) is 0.286. The van der Waals surface area contributed by atoms with E-state index in [0.717, 1.165) is 4.88 Å². The molecule has 3 aromatic rings. The van der Waals surface area contributed by atoms with Crippen molar-refractivity contribution in [3.05, 3.63) is 63.0 Å². The predicted octanol–water partition coefficient (Wildman–Crippen LogP) is 2.42. The molecule has 0 saturated heterocycles. The Labute approximate surface area is 184 Å². The lowest BCUT2D eigenvalue weighted by molar-refractivity contribution is 0.0933. The third-order valence-corrected chi connectivity index (χ3v) is 5.72. The van der Waals surface area contributed by atoms with Gasteiger partial charge in [0.2, 0.25) is 0 Å². The van der Waals surface area contributed by atoms with Crippen LogP contribution in [0.2, 0.25) is 0 Å². The van der Waals surface area contributed by atoms with Gasteiger partial charge in [0.25, 0.3) is 5.91 Å². The van der Waals surface area contributed by atoms with Crippen LogP contribution >= 0.6 is 11.3 Å². The minimum atomic E-state index is -0.491. The number of benzene rings is 1. The number of hydrogen-bond donors (Lipinski definition) is 5. The van der Waals surface area contributed by atoms with Crippen molar-refractivity contribution >= 4 is 23.6 Å². The van der Waals surface area contributed by atoms with Crippen LogP contribution in [0.25, 0.3) is 11.3 Å². The molecule has 10 heteroatoms. The molecule has 8 nitrogen and oxygen atoms in total. The van der Waals surface area contributed by atoms with Crippen molar-refractivity contribution in [2.24, 2.45) is 16.5 Å². The Kier molecular flexibility index (Phi) is 8.86. The highest BCUT2D eigenvalue weighted by Gasteiger charge is 2.21. The number of halogens is 1. The van der Waals surface area contributed by atoms with Crippen molar-refractivity contribution in [3.63, 3.8) is 0 Å². The first-order chi connectivity index (χ1) is 14.9. The third-order valence-electron chi connectivity index (χ3n) is 4.46. The van der Waals surface area contributed by atoms with Crippen molar-refractivity contribution in [2.75, 3.05) is 13.6 Å². The first kappa shape index (κ1) is 24.2. The molecule has 0 bridgehead atoms. The molecule has 166 valence electrons. The molecule has 3 rings (SSSR count). The zero-order valence-corrected chi connectivity index (χ0v) is 18.5. The van der Waals surface area contributed by atoms with Crippen molar-refractivity contribution in [3.8, 4) is 11.3 Å². The van der Waals surface area contributed by atoms with Gasteiger partial charge in [0.1, 0.15) is 22.6 Å². The molecule has 0 fully saturated rings. The monoisotopic (exact) mass is 446 g/mol. The Morgan fingerprint density at radius 3 is 2.71 bits per heavy atom. The number of nitrogens with zero attached hydrogens (tertiary/aromatic N) is 2. The van der Waals surface area contributed by atoms with Crippen LogP contribution in [0.15, 0.2) is 35.3 Å². The van der Waals surface area contributed by atoms with Crippen LogP contribution in [0.5, 0.6) is 0 Å². The van der Waals surface area contributed by atoms with Crippen LogP contribution in [0.1, 0.15) is 37.7 Å². The summed E-state index contributed by atoms with van der Waals surface area (Å²) in [5, 5.41) is 12.9. The standard InChI is InChI=1S/C20H22FN5O2S.CH5N/c1-11-3-4-13(7-14(11)21)15-5-6-16(25-15)19(28)26-17(8-23-10-22)20-24-12(2)18(9-27)29-20;1-2/h3-7,10,17,25,27H,8-9H2,1-2H3,(H2,22,23)(H,26,28);2H2,1H3. The lowest BCUT2D eigenvalue weighted by Gasteiger charge is -2.13. The highest BCUT2D eigenvalue weighted by Crippen LogP contribution is 2.25. The number of thiazole rings is 1. The number of H-pyrrole nitrogens is 1. The minimum Gasteiger partial charge on any atom is -0.391 e. The average molecular weight is 447 g/mol. The number of nitrogens with two attached hydrogens (primary N) is 2. The summed E-state index contributed by atoms with van der Waals surface area (Å²) in [4.78, 5) is 25.0. The maximum atomic E-state index is 13.8. The molecule has 31 heavy (non-hydrogen) atoms. The number of amides is 1. The van der Waals surface area contributed by atoms with Gasteiger partial charge in [-0.05, 0) is 44.7 Å². The van der Waals surface area contributed by atoms with E-state index in [2.05, 4.69) is 26.0 Å². The van der Waals surface area contributed by atoms with Gasteiger partial charge in [-0.15, -0.1) is 11.3 Å². The van der Waals surface area contributed by atoms with Gasteiger partial charge in [0.05, 0.1) is 30.1 Å². The molecule has 0 aliphatic rings. The normalized spacial score (nSPS) is 11.8. The van der Waals surface area contributed by atoms with Gasteiger partial charge >= 0.3 is 0 Å². The van der Waals surface area contributed by atoms with Crippen molar-refractivity contribution in [2.45, 2.75) is 26.5 Å². The number of aliphatic hydroxyl groups excluding tert-OH is 1. The molecular formula is C21H27FN6O2S. The number of carbonyl (C=O) groups excluding carboxylic acids is 1. The van der Waals surface area contributed by atoms with E-state index in [1.165, 1.54) is 30.8 Å². The zero-order chi connectivity index (χ0) is 23.0. The average Bonchev–Trinajstić information content (AvgIpc) is 3.41. The van der Waals surface area contributed by atoms with Gasteiger partial charge < -0.3 is 26.9 Å². The number of aliphatic imine (C=N–C) groups is 1. The highest BCUT2D eigenvalue weighted by molar-refractivity contribution is 7.11. The highest BCUT2D eigenvalue weighted by atomic mass is 32.1. The first-order valence-corrected chi connectivity index (χ1v) is 10.4. The molecule has 7 N–H and O–H groups in total. The molecule has 2 aromatic heterocycles. The molecule has 1 unspecified atom stereocenters. The Morgan fingerprint density at radius 1 is 1.35 bits per heavy atom. The number of nitrogens with one attached hydrogen (secondary N) is 2. The van der Waals surface area contributed by atoms with Crippen LogP contribution in [0.4, 0.5) is 4.39 Å². The summed E-state index contributed by atoms with van der Waals surface area (Å²) in [5.41, 5.74) is 12.7. The molecule has 0 spiro atoms. The van der Waals surface area contributed by atoms with Gasteiger partial charge in [-0.2, -0.15) is 0 Å². The number of aromatic amines is 1. The van der Waals surface area contributed by atoms with Gasteiger partial charge in [-0.25, -0.2) is 9.37 Å². The number of carbonyl (C=O) groups is 1. The second kappa shape index (κ2) is 11.3. The number of aromatic nitrogens is 2. The minimum absolute atomic E-state index is 0.114. The van der Waals surface area contributed by atoms with Crippen LogP contribution in [-0.2, 0) is 6.61 Å². The molecule has 1 atom stereocenters. The van der Waals surface area contributed by atoms with E-state index in [-0.39, 0.29) is 24.9 Å². The second-order valence-corrected chi connectivity index (χ2v) is 7.62. The zero-order valence-electron chi connectivity index (χ0n) is 17.6. The molecule has 0 aliphatic carbocycles. The van der Waals surface area contributed by atoms with E-state index in [9.17, 15) is 14.3 Å². The predicted molar refractivity (Wildman–Crippen MR) is 122 cm³/mol. The number of hydrogen-bond acceptors (Lipinski definition) is 6. The molecule has 1 aromatic carbocycles. The van der Waals surface area contributed by atoms with Crippen LogP contribution in [0, 0.1) is 19.7 Å². The van der Waals surface area contributed by atoms with Gasteiger partial charge in [0, 0.05) is 11.3 Å². The Balaban J connectivity index is 0.00000166. The van der Waals surface area contributed by atoms with Gasteiger partial charge in [0.15, 0.2) is 0 Å². The summed E-state index contributed by atoms with van der Waals surface area (Å²) in [7, 11) is 1.50. The Bertz CT molecular complexity index is 1050. The first-order valence-electron chi connectivity index (χ1n) is 9.54. The van der Waals surface area contributed by atoms with Crippen molar-refractivity contribution in [1.29, 1.82) is 0 Å². The van der Waals surface area contributed by atoms with Crippen molar-refractivity contribution in [1.82, 2.24) is 15.3 Å². The van der Waals surface area contributed by atoms with Crippen LogP contribution in [-0.4, -0.2) is 40.9 Å². The number of aliphatic hydroxyl groups is 1. The Hall–Kier alpha value is -3.08. The SMILES string of the molecule is CN.Cc1ccc(-c2ccc(C(=O)NC(CN=CN)c3nc(C)c(CO)s3)[nH]2)cc1F. The lowest BCUT2D eigenvalue weighted by Crippen LogP contribution is -2.30. The molecule has 0 saturated carbocycles. The van der Waals surface area contributed by atoms with Gasteiger partial charge in [-0.1, -0.05) is 12.1 Å². The van der Waals surface area contributed by atoms with Crippen molar-refractivity contribution < 1.29 is 14.3 Å². The second-order valence-electron chi connectivity index (χ2n) is 6.51. The van der Waals surface area contributed by atoms with E-state index in [1.807, 2.05) is 0 Å². The molecule has 2 heterocycles. The Morgan fingerprint density at radius 2 is 2.10 bits per heavy atom.